The molecule has 0 fully saturated rings. The van der Waals surface area contributed by atoms with Gasteiger partial charge in [-0.3, -0.25) is 9.59 Å². The van der Waals surface area contributed by atoms with E-state index in [1.165, 1.54) is 104 Å². The maximum Gasteiger partial charge on any atom is 0.461 e. The first-order chi connectivity index (χ1) is 13.4. The smallest absolute Gasteiger partial charge is 0.461 e. The number of unbranched alkanes of at least 4 members (excludes halogenated alkanes) is 15. The van der Waals surface area contributed by atoms with Crippen LogP contribution >= 0.6 is 0 Å². The second-order valence-electron chi connectivity index (χ2n) is 8.37. The summed E-state index contributed by atoms with van der Waals surface area (Å²) in [6.07, 6.45) is 21.3. The van der Waals surface area contributed by atoms with Crippen LogP contribution in [0.3, 0.4) is 0 Å². The van der Waals surface area contributed by atoms with Crippen molar-refractivity contribution in [1.29, 1.82) is 0 Å². The fourth-order valence-corrected chi connectivity index (χ4v) is 6.08. The van der Waals surface area contributed by atoms with Gasteiger partial charge in [0.2, 0.25) is 0 Å². The Morgan fingerprint density at radius 3 is 1.14 bits per heavy atom. The molecule has 0 radical (unpaired) electrons. The molecule has 0 rings (SSSR count). The summed E-state index contributed by atoms with van der Waals surface area (Å²) in [6, 6.07) is 0.699. The van der Waals surface area contributed by atoms with Crippen molar-refractivity contribution in [2.45, 2.75) is 136 Å². The summed E-state index contributed by atoms with van der Waals surface area (Å²) in [5.41, 5.74) is 0. The van der Waals surface area contributed by atoms with Gasteiger partial charge in [-0.15, -0.1) is 0 Å². The first-order valence-corrected chi connectivity index (χ1v) is 14.3. The van der Waals surface area contributed by atoms with Gasteiger partial charge in [0, 0.05) is 26.4 Å². The normalized spacial score (nSPS) is 11.4. The molecule has 0 aromatic carbocycles. The van der Waals surface area contributed by atoms with Crippen LogP contribution in [0.4, 0.5) is 0 Å². The third kappa shape index (κ3) is 18.5. The van der Waals surface area contributed by atoms with Gasteiger partial charge in [-0.05, 0) is 6.42 Å². The van der Waals surface area contributed by atoms with E-state index in [1.807, 2.05) is 0 Å². The Hall–Kier alpha value is -0.843. The van der Waals surface area contributed by atoms with E-state index in [4.69, 9.17) is 8.85 Å². The molecule has 0 N–H and O–H groups in total. The summed E-state index contributed by atoms with van der Waals surface area (Å²) in [5, 5.41) is 0. The zero-order valence-electron chi connectivity index (χ0n) is 19.2. The van der Waals surface area contributed by atoms with Crippen LogP contribution in [0.2, 0.25) is 12.6 Å². The molecule has 0 spiro atoms. The van der Waals surface area contributed by atoms with Gasteiger partial charge in [0.05, 0.1) is 0 Å². The van der Waals surface area contributed by atoms with E-state index in [-0.39, 0.29) is 11.9 Å². The van der Waals surface area contributed by atoms with Crippen LogP contribution in [0, 0.1) is 0 Å². The van der Waals surface area contributed by atoms with Gasteiger partial charge in [0.15, 0.2) is 0 Å². The maximum atomic E-state index is 11.2. The standard InChI is InChI=1S/C23H46O4Si/c1-5-6-7-8-9-10-11-12-13-14-15-16-17-18-19-20-21-28(4,26-22(2)24)27-23(3)25/h5-21H2,1-4H3. The Labute approximate surface area is 175 Å². The Kier molecular flexibility index (Phi) is 17.7. The molecule has 0 saturated carbocycles. The highest BCUT2D eigenvalue weighted by Gasteiger charge is 2.37. The Morgan fingerprint density at radius 1 is 0.571 bits per heavy atom. The number of carbonyl (C=O) groups excluding carboxylic acids is 2. The summed E-state index contributed by atoms with van der Waals surface area (Å²) in [6.45, 7) is 6.83. The molecule has 28 heavy (non-hydrogen) atoms. The summed E-state index contributed by atoms with van der Waals surface area (Å²) in [7, 11) is -2.68. The molecule has 0 saturated heterocycles. The van der Waals surface area contributed by atoms with Gasteiger partial charge in [-0.25, -0.2) is 0 Å². The largest absolute Gasteiger partial charge is 0.485 e. The lowest BCUT2D eigenvalue weighted by Gasteiger charge is -2.24. The van der Waals surface area contributed by atoms with Crippen molar-refractivity contribution in [1.82, 2.24) is 0 Å². The van der Waals surface area contributed by atoms with Crippen molar-refractivity contribution in [3.63, 3.8) is 0 Å². The first kappa shape index (κ1) is 27.2. The highest BCUT2D eigenvalue weighted by molar-refractivity contribution is 6.69. The quantitative estimate of drug-likeness (QED) is 0.163. The number of carbonyl (C=O) groups is 2. The summed E-state index contributed by atoms with van der Waals surface area (Å²) in [5.74, 6) is -0.709. The van der Waals surface area contributed by atoms with E-state index in [0.717, 1.165) is 12.8 Å². The fourth-order valence-electron chi connectivity index (χ4n) is 3.73. The fraction of sp³-hybridized carbons (Fsp3) is 0.913. The predicted octanol–water partition coefficient (Wildman–Crippen LogP) is 7.45. The van der Waals surface area contributed by atoms with Crippen LogP contribution in [0.5, 0.6) is 0 Å². The Balaban J connectivity index is 3.46. The van der Waals surface area contributed by atoms with Crippen LogP contribution < -0.4 is 0 Å². The lowest BCUT2D eigenvalue weighted by Crippen LogP contribution is -2.41. The summed E-state index contributed by atoms with van der Waals surface area (Å²) < 4.78 is 10.7. The monoisotopic (exact) mass is 414 g/mol. The van der Waals surface area contributed by atoms with Crippen LogP contribution in [-0.2, 0) is 18.4 Å². The zero-order valence-corrected chi connectivity index (χ0v) is 20.2. The number of hydrogen-bond acceptors (Lipinski definition) is 4. The molecule has 0 unspecified atom stereocenters. The molecule has 0 aromatic heterocycles. The Morgan fingerprint density at radius 2 is 0.857 bits per heavy atom. The van der Waals surface area contributed by atoms with E-state index in [1.54, 1.807) is 6.55 Å². The molecule has 0 aliphatic carbocycles. The average Bonchev–Trinajstić information content (AvgIpc) is 2.60. The highest BCUT2D eigenvalue weighted by atomic mass is 28.4. The van der Waals surface area contributed by atoms with Crippen molar-refractivity contribution in [2.75, 3.05) is 0 Å². The highest BCUT2D eigenvalue weighted by Crippen LogP contribution is 2.20. The third-order valence-electron chi connectivity index (χ3n) is 5.20. The van der Waals surface area contributed by atoms with Gasteiger partial charge in [0.1, 0.15) is 0 Å². The molecule has 5 heteroatoms. The molecule has 4 nitrogen and oxygen atoms in total. The van der Waals surface area contributed by atoms with Crippen molar-refractivity contribution < 1.29 is 18.4 Å². The van der Waals surface area contributed by atoms with E-state index in [2.05, 4.69) is 6.92 Å². The predicted molar refractivity (Wildman–Crippen MR) is 120 cm³/mol. The molecule has 166 valence electrons. The van der Waals surface area contributed by atoms with E-state index in [0.29, 0.717) is 6.04 Å². The molecular formula is C23H46O4Si. The Bertz CT molecular complexity index is 382. The van der Waals surface area contributed by atoms with Gasteiger partial charge in [-0.2, -0.15) is 0 Å². The van der Waals surface area contributed by atoms with Gasteiger partial charge in [-0.1, -0.05) is 103 Å². The van der Waals surface area contributed by atoms with E-state index in [9.17, 15) is 9.59 Å². The number of rotatable bonds is 19. The first-order valence-electron chi connectivity index (χ1n) is 11.8. The molecule has 0 aliphatic rings. The summed E-state index contributed by atoms with van der Waals surface area (Å²) in [4.78, 5) is 22.5. The maximum absolute atomic E-state index is 11.2. The minimum Gasteiger partial charge on any atom is -0.485 e. The van der Waals surface area contributed by atoms with Crippen LogP contribution in [0.25, 0.3) is 0 Å². The molecule has 0 aromatic rings. The SMILES string of the molecule is CCCCCCCCCCCCCCCCCC[Si](C)(OC(C)=O)OC(C)=O. The second-order valence-corrected chi connectivity index (χ2v) is 11.6. The lowest BCUT2D eigenvalue weighted by molar-refractivity contribution is -0.138. The van der Waals surface area contributed by atoms with E-state index >= 15 is 0 Å². The molecular weight excluding hydrogens is 368 g/mol. The van der Waals surface area contributed by atoms with Gasteiger partial charge in [0.25, 0.3) is 11.9 Å². The van der Waals surface area contributed by atoms with Crippen molar-refractivity contribution in [3.8, 4) is 0 Å². The second kappa shape index (κ2) is 18.2. The average molecular weight is 415 g/mol. The van der Waals surface area contributed by atoms with Crippen molar-refractivity contribution in [3.05, 3.63) is 0 Å². The topological polar surface area (TPSA) is 52.6 Å². The van der Waals surface area contributed by atoms with E-state index < -0.39 is 8.56 Å². The molecule has 0 atom stereocenters. The number of hydrogen-bond donors (Lipinski definition) is 0. The van der Waals surface area contributed by atoms with Crippen LogP contribution in [0.15, 0.2) is 0 Å². The van der Waals surface area contributed by atoms with Crippen molar-refractivity contribution in [2.24, 2.45) is 0 Å². The molecule has 0 heterocycles. The summed E-state index contributed by atoms with van der Waals surface area (Å²) >= 11 is 0. The molecule has 0 amide bonds. The minimum atomic E-state index is -2.68. The van der Waals surface area contributed by atoms with Crippen molar-refractivity contribution >= 4 is 20.5 Å². The third-order valence-corrected chi connectivity index (χ3v) is 7.90. The minimum absolute atomic E-state index is 0.355. The van der Waals surface area contributed by atoms with Gasteiger partial charge < -0.3 is 8.85 Å². The van der Waals surface area contributed by atoms with Crippen LogP contribution in [-0.4, -0.2) is 20.5 Å². The lowest BCUT2D eigenvalue weighted by atomic mass is 10.0. The molecule has 0 aliphatic heterocycles. The zero-order chi connectivity index (χ0) is 21.1. The van der Waals surface area contributed by atoms with Crippen LogP contribution in [0.1, 0.15) is 124 Å². The molecule has 0 bridgehead atoms. The van der Waals surface area contributed by atoms with Gasteiger partial charge >= 0.3 is 8.56 Å².